The Morgan fingerprint density at radius 2 is 1.71 bits per heavy atom. The van der Waals surface area contributed by atoms with E-state index in [1.165, 1.54) is 0 Å². The molecule has 2 nitrogen and oxygen atoms in total. The molecule has 1 aromatic carbocycles. The van der Waals surface area contributed by atoms with Crippen LogP contribution in [-0.4, -0.2) is 42.8 Å². The molecule has 0 bridgehead atoms. The molecule has 1 aromatic rings. The van der Waals surface area contributed by atoms with Gasteiger partial charge in [-0.05, 0) is 23.9 Å². The van der Waals surface area contributed by atoms with Gasteiger partial charge in [0.2, 0.25) is 0 Å². The van der Waals surface area contributed by atoms with Gasteiger partial charge in [-0.1, -0.05) is 34.8 Å². The average Bonchev–Trinajstić information content (AvgIpc) is 2.24. The fourth-order valence-corrected chi connectivity index (χ4v) is 2.86. The van der Waals surface area contributed by atoms with E-state index in [0.29, 0.717) is 15.1 Å². The number of hydrogen-bond acceptors (Lipinski definition) is 1. The molecular weight excluding hydrogens is 299 g/mol. The molecule has 0 aromatic heterocycles. The van der Waals surface area contributed by atoms with Crippen LogP contribution in [-0.2, 0) is 0 Å². The van der Waals surface area contributed by atoms with Crippen LogP contribution in [0.1, 0.15) is 0 Å². The Kier molecular flexibility index (Phi) is 5.45. The summed E-state index contributed by atoms with van der Waals surface area (Å²) in [4.78, 5) is 2.90. The number of halogens is 3. The molecule has 0 N–H and O–H groups in total. The van der Waals surface area contributed by atoms with E-state index in [2.05, 4.69) is 0 Å². The van der Waals surface area contributed by atoms with Crippen molar-refractivity contribution < 1.29 is 4.58 Å². The third kappa shape index (κ3) is 3.68. The molecule has 0 aliphatic rings. The Morgan fingerprint density at radius 1 is 1.12 bits per heavy atom. The van der Waals surface area contributed by atoms with Crippen LogP contribution in [0.5, 0.6) is 0 Å². The quantitative estimate of drug-likeness (QED) is 0.255. The summed E-state index contributed by atoms with van der Waals surface area (Å²) in [6, 6.07) is 3.62. The predicted octanol–water partition coefficient (Wildman–Crippen LogP) is 3.93. The van der Waals surface area contributed by atoms with Gasteiger partial charge >= 0.3 is 5.17 Å². The third-order valence-corrected chi connectivity index (χ3v) is 4.84. The smallest absolute Gasteiger partial charge is 0.261 e. The van der Waals surface area contributed by atoms with Crippen LogP contribution >= 0.6 is 46.6 Å². The maximum absolute atomic E-state index is 6.16. The molecule has 94 valence electrons. The number of nitrogens with zero attached hydrogens (tertiary/aromatic N) is 2. The molecule has 0 saturated carbocycles. The molecule has 6 heteroatoms. The van der Waals surface area contributed by atoms with Crippen molar-refractivity contribution in [3.05, 3.63) is 27.2 Å². The molecular formula is C11H14Cl3N2S+. The van der Waals surface area contributed by atoms with E-state index in [9.17, 15) is 0 Å². The zero-order valence-electron chi connectivity index (χ0n) is 10.1. The van der Waals surface area contributed by atoms with E-state index in [1.54, 1.807) is 17.8 Å². The van der Waals surface area contributed by atoms with Crippen LogP contribution < -0.4 is 0 Å². The van der Waals surface area contributed by atoms with Gasteiger partial charge in [-0.25, -0.2) is 0 Å². The van der Waals surface area contributed by atoms with E-state index in [1.807, 2.05) is 43.7 Å². The molecule has 0 spiro atoms. The first-order valence-electron chi connectivity index (χ1n) is 4.87. The highest BCUT2D eigenvalue weighted by atomic mass is 35.5. The minimum absolute atomic E-state index is 0.398. The van der Waals surface area contributed by atoms with Crippen molar-refractivity contribution in [3.63, 3.8) is 0 Å². The summed E-state index contributed by atoms with van der Waals surface area (Å²) in [5.41, 5.74) is 0. The summed E-state index contributed by atoms with van der Waals surface area (Å²) >= 11 is 19.6. The first-order valence-corrected chi connectivity index (χ1v) is 6.82. The summed E-state index contributed by atoms with van der Waals surface area (Å²) in [5, 5.41) is 2.42. The standard InChI is InChI=1S/C11H14Cl3N2S/c1-15(2)11(16(3)4)17-8-6-5-7(12)9(13)10(8)14/h5-6H,1-4H3/q+1. The van der Waals surface area contributed by atoms with Crippen molar-refractivity contribution in [2.24, 2.45) is 0 Å². The fraction of sp³-hybridized carbons (Fsp3) is 0.364. The van der Waals surface area contributed by atoms with Gasteiger partial charge in [0.1, 0.15) is 0 Å². The van der Waals surface area contributed by atoms with Gasteiger partial charge < -0.3 is 0 Å². The first kappa shape index (κ1) is 15.0. The van der Waals surface area contributed by atoms with Crippen LogP contribution in [0.2, 0.25) is 15.1 Å². The van der Waals surface area contributed by atoms with Crippen LogP contribution in [0.3, 0.4) is 0 Å². The van der Waals surface area contributed by atoms with E-state index in [0.717, 1.165) is 10.1 Å². The van der Waals surface area contributed by atoms with Crippen LogP contribution in [0, 0.1) is 0 Å². The largest absolute Gasteiger partial charge is 0.312 e. The molecule has 1 rings (SSSR count). The van der Waals surface area contributed by atoms with Crippen molar-refractivity contribution in [2.75, 3.05) is 28.2 Å². The fourth-order valence-electron chi connectivity index (χ4n) is 1.27. The molecule has 0 aliphatic carbocycles. The van der Waals surface area contributed by atoms with Gasteiger partial charge in [0.25, 0.3) is 0 Å². The Morgan fingerprint density at radius 3 is 2.18 bits per heavy atom. The second kappa shape index (κ2) is 6.19. The normalized spacial score (nSPS) is 10.3. The summed E-state index contributed by atoms with van der Waals surface area (Å²) < 4.78 is 2.02. The zero-order chi connectivity index (χ0) is 13.2. The lowest BCUT2D eigenvalue weighted by molar-refractivity contribution is -0.466. The van der Waals surface area contributed by atoms with Crippen molar-refractivity contribution in [1.82, 2.24) is 4.90 Å². The number of benzene rings is 1. The Balaban J connectivity index is 3.12. The van der Waals surface area contributed by atoms with Crippen molar-refractivity contribution in [2.45, 2.75) is 4.90 Å². The topological polar surface area (TPSA) is 6.25 Å². The van der Waals surface area contributed by atoms with E-state index < -0.39 is 0 Å². The predicted molar refractivity (Wildman–Crippen MR) is 78.1 cm³/mol. The molecule has 17 heavy (non-hydrogen) atoms. The van der Waals surface area contributed by atoms with Crippen molar-refractivity contribution >= 4 is 51.7 Å². The lowest BCUT2D eigenvalue weighted by Gasteiger charge is -2.12. The zero-order valence-corrected chi connectivity index (χ0v) is 13.2. The van der Waals surface area contributed by atoms with Gasteiger partial charge in [-0.3, -0.25) is 9.48 Å². The van der Waals surface area contributed by atoms with Crippen molar-refractivity contribution in [3.8, 4) is 0 Å². The van der Waals surface area contributed by atoms with E-state index in [-0.39, 0.29) is 0 Å². The SMILES string of the molecule is CN(C)C(Sc1ccc(Cl)c(Cl)c1Cl)=[N+](C)C. The second-order valence-electron chi connectivity index (χ2n) is 3.85. The highest BCUT2D eigenvalue weighted by molar-refractivity contribution is 8.13. The minimum Gasteiger partial charge on any atom is -0.261 e. The number of hydrogen-bond donors (Lipinski definition) is 0. The monoisotopic (exact) mass is 311 g/mol. The van der Waals surface area contributed by atoms with Gasteiger partial charge in [0, 0.05) is 4.90 Å². The highest BCUT2D eigenvalue weighted by Crippen LogP contribution is 2.38. The van der Waals surface area contributed by atoms with Crippen LogP contribution in [0.25, 0.3) is 0 Å². The number of rotatable bonds is 1. The van der Waals surface area contributed by atoms with Crippen LogP contribution in [0.15, 0.2) is 17.0 Å². The minimum atomic E-state index is 0.398. The Labute approximate surface area is 121 Å². The van der Waals surface area contributed by atoms with E-state index >= 15 is 0 Å². The molecule has 0 heterocycles. The maximum Gasteiger partial charge on any atom is 0.312 e. The van der Waals surface area contributed by atoms with Gasteiger partial charge in [0.15, 0.2) is 0 Å². The maximum atomic E-state index is 6.16. The number of amidine groups is 1. The Bertz CT molecular complexity index is 454. The van der Waals surface area contributed by atoms with Gasteiger partial charge in [-0.2, -0.15) is 0 Å². The lowest BCUT2D eigenvalue weighted by atomic mass is 10.4. The Hall–Kier alpha value is -0.0900. The summed E-state index contributed by atoms with van der Waals surface area (Å²) in [6.45, 7) is 0. The van der Waals surface area contributed by atoms with Gasteiger partial charge in [0.05, 0.1) is 43.3 Å². The van der Waals surface area contributed by atoms with Crippen molar-refractivity contribution in [1.29, 1.82) is 0 Å². The second-order valence-corrected chi connectivity index (χ2v) is 6.02. The third-order valence-electron chi connectivity index (χ3n) is 1.97. The van der Waals surface area contributed by atoms with Crippen LogP contribution in [0.4, 0.5) is 0 Å². The molecule has 0 saturated heterocycles. The molecule has 0 atom stereocenters. The lowest BCUT2D eigenvalue weighted by Crippen LogP contribution is -2.26. The molecule has 0 unspecified atom stereocenters. The first-order chi connectivity index (χ1) is 7.84. The number of thioether (sulfide) groups is 1. The van der Waals surface area contributed by atoms with Gasteiger partial charge in [-0.15, -0.1) is 0 Å². The highest BCUT2D eigenvalue weighted by Gasteiger charge is 2.18. The molecule has 0 aliphatic heterocycles. The summed E-state index contributed by atoms with van der Waals surface area (Å²) in [6.07, 6.45) is 0. The van der Waals surface area contributed by atoms with E-state index in [4.69, 9.17) is 34.8 Å². The average molecular weight is 313 g/mol. The molecule has 0 fully saturated rings. The molecule has 0 amide bonds. The summed E-state index contributed by atoms with van der Waals surface area (Å²) in [5.74, 6) is 0. The molecule has 0 radical (unpaired) electrons. The summed E-state index contributed by atoms with van der Waals surface area (Å²) in [7, 11) is 7.92.